The summed E-state index contributed by atoms with van der Waals surface area (Å²) >= 11 is 0. The highest BCUT2D eigenvalue weighted by atomic mass is 16.5. The van der Waals surface area contributed by atoms with Crippen molar-refractivity contribution in [3.05, 3.63) is 29.8 Å². The van der Waals surface area contributed by atoms with Crippen molar-refractivity contribution in [3.63, 3.8) is 0 Å². The maximum absolute atomic E-state index is 12.2. The summed E-state index contributed by atoms with van der Waals surface area (Å²) in [6.07, 6.45) is 1.88. The summed E-state index contributed by atoms with van der Waals surface area (Å²) < 4.78 is 10.4. The number of carbonyl (C=O) groups excluding carboxylic acids is 2. The van der Waals surface area contributed by atoms with Gasteiger partial charge in [-0.3, -0.25) is 9.59 Å². The second kappa shape index (κ2) is 7.11. The maximum Gasteiger partial charge on any atom is 0.325 e. The van der Waals surface area contributed by atoms with E-state index in [1.807, 2.05) is 31.2 Å². The lowest BCUT2D eigenvalue weighted by molar-refractivity contribution is -0.150. The lowest BCUT2D eigenvalue weighted by Crippen LogP contribution is -2.40. The maximum atomic E-state index is 12.2. The number of esters is 1. The van der Waals surface area contributed by atoms with Crippen molar-refractivity contribution in [3.8, 4) is 5.75 Å². The Balaban J connectivity index is 1.88. The predicted molar refractivity (Wildman–Crippen MR) is 78.0 cm³/mol. The summed E-state index contributed by atoms with van der Waals surface area (Å²) in [5, 5.41) is 0. The zero-order valence-corrected chi connectivity index (χ0v) is 12.5. The second-order valence-electron chi connectivity index (χ2n) is 5.16. The molecule has 1 aromatic rings. The van der Waals surface area contributed by atoms with Gasteiger partial charge in [-0.15, -0.1) is 0 Å². The normalized spacial score (nSPS) is 13.6. The van der Waals surface area contributed by atoms with Gasteiger partial charge in [0.1, 0.15) is 12.3 Å². The van der Waals surface area contributed by atoms with Crippen LogP contribution in [-0.4, -0.2) is 42.6 Å². The third-order valence-electron chi connectivity index (χ3n) is 3.26. The average molecular weight is 291 g/mol. The molecule has 1 aliphatic rings. The number of rotatable bonds is 7. The standard InChI is InChI=1S/C16H21NO4/c1-3-20-16(19)10-17(13-7-8-13)15(18)11-21-14-6-4-5-12(2)9-14/h4-6,9,13H,3,7-8,10-11H2,1-2H3. The summed E-state index contributed by atoms with van der Waals surface area (Å²) in [6.45, 7) is 3.99. The molecule has 5 heteroatoms. The van der Waals surface area contributed by atoms with Crippen LogP contribution in [0.4, 0.5) is 0 Å². The zero-order valence-electron chi connectivity index (χ0n) is 12.5. The van der Waals surface area contributed by atoms with Gasteiger partial charge in [0.25, 0.3) is 5.91 Å². The Bertz CT molecular complexity index is 511. The van der Waals surface area contributed by atoms with Crippen LogP contribution < -0.4 is 4.74 Å². The average Bonchev–Trinajstić information content (AvgIpc) is 3.27. The summed E-state index contributed by atoms with van der Waals surface area (Å²) in [7, 11) is 0. The van der Waals surface area contributed by atoms with Gasteiger partial charge >= 0.3 is 5.97 Å². The molecule has 0 saturated heterocycles. The molecule has 0 unspecified atom stereocenters. The van der Waals surface area contributed by atoms with E-state index in [1.165, 1.54) is 0 Å². The minimum atomic E-state index is -0.367. The lowest BCUT2D eigenvalue weighted by Gasteiger charge is -2.21. The summed E-state index contributed by atoms with van der Waals surface area (Å²) in [5.41, 5.74) is 1.07. The first-order valence-electron chi connectivity index (χ1n) is 7.24. The first kappa shape index (κ1) is 15.4. The summed E-state index contributed by atoms with van der Waals surface area (Å²) in [6, 6.07) is 7.69. The molecule has 0 radical (unpaired) electrons. The molecule has 1 saturated carbocycles. The van der Waals surface area contributed by atoms with Crippen molar-refractivity contribution in [1.82, 2.24) is 4.90 Å². The van der Waals surface area contributed by atoms with Crippen molar-refractivity contribution >= 4 is 11.9 Å². The van der Waals surface area contributed by atoms with Crippen molar-refractivity contribution in [1.29, 1.82) is 0 Å². The number of nitrogens with zero attached hydrogens (tertiary/aromatic N) is 1. The van der Waals surface area contributed by atoms with Gasteiger partial charge in [0.2, 0.25) is 0 Å². The van der Waals surface area contributed by atoms with E-state index < -0.39 is 0 Å². The van der Waals surface area contributed by atoms with Crippen molar-refractivity contribution < 1.29 is 19.1 Å². The molecule has 21 heavy (non-hydrogen) atoms. The zero-order chi connectivity index (χ0) is 15.2. The van der Waals surface area contributed by atoms with Crippen molar-refractivity contribution in [2.75, 3.05) is 19.8 Å². The van der Waals surface area contributed by atoms with Crippen LogP contribution in [-0.2, 0) is 14.3 Å². The third kappa shape index (κ3) is 4.77. The molecule has 2 rings (SSSR count). The molecule has 5 nitrogen and oxygen atoms in total. The molecular weight excluding hydrogens is 270 g/mol. The van der Waals surface area contributed by atoms with E-state index in [9.17, 15) is 9.59 Å². The fourth-order valence-electron chi connectivity index (χ4n) is 2.09. The van der Waals surface area contributed by atoms with Gasteiger partial charge in [-0.25, -0.2) is 0 Å². The first-order chi connectivity index (χ1) is 10.1. The molecule has 0 aliphatic heterocycles. The van der Waals surface area contributed by atoms with Crippen LogP contribution >= 0.6 is 0 Å². The lowest BCUT2D eigenvalue weighted by atomic mass is 10.2. The number of carbonyl (C=O) groups is 2. The summed E-state index contributed by atoms with van der Waals surface area (Å²) in [5.74, 6) is 0.121. The van der Waals surface area contributed by atoms with Crippen LogP contribution in [0, 0.1) is 6.92 Å². The van der Waals surface area contributed by atoms with Crippen LogP contribution in [0.3, 0.4) is 0 Å². The number of amides is 1. The van der Waals surface area contributed by atoms with Crippen molar-refractivity contribution in [2.45, 2.75) is 32.7 Å². The van der Waals surface area contributed by atoms with E-state index in [4.69, 9.17) is 9.47 Å². The van der Waals surface area contributed by atoms with E-state index in [2.05, 4.69) is 0 Å². The van der Waals surface area contributed by atoms with Gasteiger partial charge < -0.3 is 14.4 Å². The van der Waals surface area contributed by atoms with E-state index in [1.54, 1.807) is 11.8 Å². The minimum Gasteiger partial charge on any atom is -0.484 e. The second-order valence-corrected chi connectivity index (χ2v) is 5.16. The smallest absolute Gasteiger partial charge is 0.325 e. The quantitative estimate of drug-likeness (QED) is 0.720. The molecule has 114 valence electrons. The molecule has 0 heterocycles. The highest BCUT2D eigenvalue weighted by molar-refractivity contribution is 5.83. The van der Waals surface area contributed by atoms with Gasteiger partial charge in [0.05, 0.1) is 6.61 Å². The SMILES string of the molecule is CCOC(=O)CN(C(=O)COc1cccc(C)c1)C1CC1. The molecule has 1 aromatic carbocycles. The van der Waals surface area contributed by atoms with Crippen LogP contribution in [0.25, 0.3) is 0 Å². The van der Waals surface area contributed by atoms with Crippen LogP contribution in [0.15, 0.2) is 24.3 Å². The number of hydrogen-bond donors (Lipinski definition) is 0. The third-order valence-corrected chi connectivity index (χ3v) is 3.26. The Morgan fingerprint density at radius 1 is 1.33 bits per heavy atom. The highest BCUT2D eigenvalue weighted by Crippen LogP contribution is 2.27. The highest BCUT2D eigenvalue weighted by Gasteiger charge is 2.34. The number of benzene rings is 1. The Morgan fingerprint density at radius 2 is 2.10 bits per heavy atom. The molecule has 0 spiro atoms. The van der Waals surface area contributed by atoms with Gasteiger partial charge in [-0.05, 0) is 44.4 Å². The first-order valence-corrected chi connectivity index (χ1v) is 7.24. The molecule has 0 atom stereocenters. The van der Waals surface area contributed by atoms with Gasteiger partial charge in [-0.2, -0.15) is 0 Å². The molecule has 0 aromatic heterocycles. The molecular formula is C16H21NO4. The molecule has 0 bridgehead atoms. The Morgan fingerprint density at radius 3 is 2.71 bits per heavy atom. The van der Waals surface area contributed by atoms with E-state index in [0.717, 1.165) is 18.4 Å². The molecule has 1 amide bonds. The molecule has 1 aliphatic carbocycles. The summed E-state index contributed by atoms with van der Waals surface area (Å²) in [4.78, 5) is 25.3. The van der Waals surface area contributed by atoms with Crippen LogP contribution in [0.1, 0.15) is 25.3 Å². The number of aryl methyl sites for hydroxylation is 1. The fourth-order valence-corrected chi connectivity index (χ4v) is 2.09. The van der Waals surface area contributed by atoms with Crippen LogP contribution in [0.5, 0.6) is 5.75 Å². The molecule has 1 fully saturated rings. The topological polar surface area (TPSA) is 55.8 Å². The molecule has 0 N–H and O–H groups in total. The van der Waals surface area contributed by atoms with Gasteiger partial charge in [0.15, 0.2) is 6.61 Å². The number of hydrogen-bond acceptors (Lipinski definition) is 4. The van der Waals surface area contributed by atoms with E-state index in [-0.39, 0.29) is 31.1 Å². The van der Waals surface area contributed by atoms with E-state index in [0.29, 0.717) is 12.4 Å². The predicted octanol–water partition coefficient (Wildman–Crippen LogP) is 1.93. The van der Waals surface area contributed by atoms with Crippen molar-refractivity contribution in [2.24, 2.45) is 0 Å². The largest absolute Gasteiger partial charge is 0.484 e. The van der Waals surface area contributed by atoms with Gasteiger partial charge in [0, 0.05) is 6.04 Å². The monoisotopic (exact) mass is 291 g/mol. The Hall–Kier alpha value is -2.04. The Kier molecular flexibility index (Phi) is 5.20. The minimum absolute atomic E-state index is 0.00845. The number of ether oxygens (including phenoxy) is 2. The van der Waals surface area contributed by atoms with E-state index >= 15 is 0 Å². The fraction of sp³-hybridized carbons (Fsp3) is 0.500. The van der Waals surface area contributed by atoms with Gasteiger partial charge in [-0.1, -0.05) is 12.1 Å². The Labute approximate surface area is 124 Å². The van der Waals surface area contributed by atoms with Crippen LogP contribution in [0.2, 0.25) is 0 Å².